The summed E-state index contributed by atoms with van der Waals surface area (Å²) in [7, 11) is 1.68. The van der Waals surface area contributed by atoms with Crippen molar-refractivity contribution >= 4 is 17.9 Å². The zero-order chi connectivity index (χ0) is 17.5. The highest BCUT2D eigenvalue weighted by Crippen LogP contribution is 2.02. The van der Waals surface area contributed by atoms with Gasteiger partial charge in [-0.25, -0.2) is 4.79 Å². The Morgan fingerprint density at radius 1 is 1.29 bits per heavy atom. The van der Waals surface area contributed by atoms with E-state index in [0.29, 0.717) is 19.0 Å². The maximum Gasteiger partial charge on any atom is 0.324 e. The first kappa shape index (κ1) is 17.8. The van der Waals surface area contributed by atoms with Gasteiger partial charge in [0.05, 0.1) is 12.2 Å². The number of nitrogens with zero attached hydrogens (tertiary/aromatic N) is 4. The SMILES string of the molecule is CN=C(NCCCn1nc(C)cc1C)NCCN1C(=O)CNC1=O. The molecule has 0 bridgehead atoms. The molecule has 2 heterocycles. The Morgan fingerprint density at radius 2 is 2.04 bits per heavy atom. The Morgan fingerprint density at radius 3 is 2.62 bits per heavy atom. The van der Waals surface area contributed by atoms with Crippen LogP contribution in [0.25, 0.3) is 0 Å². The van der Waals surface area contributed by atoms with E-state index in [4.69, 9.17) is 0 Å². The number of nitrogens with one attached hydrogen (secondary N) is 3. The van der Waals surface area contributed by atoms with Crippen LogP contribution in [0.2, 0.25) is 0 Å². The summed E-state index contributed by atoms with van der Waals surface area (Å²) in [6, 6.07) is 1.72. The van der Waals surface area contributed by atoms with Gasteiger partial charge in [0.1, 0.15) is 0 Å². The highest BCUT2D eigenvalue weighted by atomic mass is 16.2. The number of aryl methyl sites for hydroxylation is 3. The number of hydrogen-bond donors (Lipinski definition) is 3. The molecule has 24 heavy (non-hydrogen) atoms. The normalized spacial score (nSPS) is 15.0. The average Bonchev–Trinajstić information content (AvgIpc) is 3.04. The third-order valence-corrected chi connectivity index (χ3v) is 3.73. The molecular weight excluding hydrogens is 310 g/mol. The lowest BCUT2D eigenvalue weighted by Gasteiger charge is -2.15. The third kappa shape index (κ3) is 4.71. The molecule has 0 unspecified atom stereocenters. The van der Waals surface area contributed by atoms with Gasteiger partial charge < -0.3 is 16.0 Å². The van der Waals surface area contributed by atoms with Gasteiger partial charge in [0.25, 0.3) is 0 Å². The minimum atomic E-state index is -0.338. The molecule has 0 spiro atoms. The summed E-state index contributed by atoms with van der Waals surface area (Å²) in [6.45, 7) is 6.47. The van der Waals surface area contributed by atoms with E-state index in [1.165, 1.54) is 4.90 Å². The van der Waals surface area contributed by atoms with E-state index in [2.05, 4.69) is 32.1 Å². The fourth-order valence-corrected chi connectivity index (χ4v) is 2.53. The van der Waals surface area contributed by atoms with E-state index >= 15 is 0 Å². The maximum absolute atomic E-state index is 11.5. The molecule has 0 radical (unpaired) electrons. The van der Waals surface area contributed by atoms with Crippen molar-refractivity contribution in [1.29, 1.82) is 0 Å². The molecule has 2 rings (SSSR count). The predicted molar refractivity (Wildman–Crippen MR) is 90.8 cm³/mol. The van der Waals surface area contributed by atoms with Crippen LogP contribution < -0.4 is 16.0 Å². The quantitative estimate of drug-likeness (QED) is 0.272. The molecule has 9 nitrogen and oxygen atoms in total. The van der Waals surface area contributed by atoms with Crippen molar-refractivity contribution in [3.8, 4) is 0 Å². The van der Waals surface area contributed by atoms with Gasteiger partial charge in [-0.05, 0) is 26.3 Å². The first-order valence-corrected chi connectivity index (χ1v) is 8.05. The number of carbonyl (C=O) groups excluding carboxylic acids is 2. The van der Waals surface area contributed by atoms with E-state index < -0.39 is 0 Å². The van der Waals surface area contributed by atoms with E-state index in [1.54, 1.807) is 7.05 Å². The number of carbonyl (C=O) groups is 2. The molecule has 1 aliphatic rings. The van der Waals surface area contributed by atoms with Crippen LogP contribution in [0.1, 0.15) is 17.8 Å². The summed E-state index contributed by atoms with van der Waals surface area (Å²) in [5.41, 5.74) is 2.18. The van der Waals surface area contributed by atoms with Gasteiger partial charge in [-0.3, -0.25) is 19.4 Å². The predicted octanol–water partition coefficient (Wildman–Crippen LogP) is -0.393. The summed E-state index contributed by atoms with van der Waals surface area (Å²) in [5.74, 6) is 0.449. The van der Waals surface area contributed by atoms with Gasteiger partial charge in [0.2, 0.25) is 5.91 Å². The van der Waals surface area contributed by atoms with Crippen LogP contribution in [-0.4, -0.2) is 65.8 Å². The molecule has 1 aromatic heterocycles. The number of imide groups is 1. The van der Waals surface area contributed by atoms with E-state index in [0.717, 1.165) is 30.9 Å². The molecular formula is C15H25N7O2. The average molecular weight is 335 g/mol. The first-order chi connectivity index (χ1) is 11.5. The highest BCUT2D eigenvalue weighted by Gasteiger charge is 2.27. The number of guanidine groups is 1. The van der Waals surface area contributed by atoms with Crippen LogP contribution in [0.3, 0.4) is 0 Å². The molecule has 1 aliphatic heterocycles. The molecule has 0 atom stereocenters. The van der Waals surface area contributed by atoms with Crippen molar-refractivity contribution in [3.05, 3.63) is 17.5 Å². The summed E-state index contributed by atoms with van der Waals surface area (Å²) in [5, 5.41) is 13.2. The fourth-order valence-electron chi connectivity index (χ4n) is 2.53. The second-order valence-corrected chi connectivity index (χ2v) is 5.63. The van der Waals surface area contributed by atoms with Crippen LogP contribution in [0.5, 0.6) is 0 Å². The van der Waals surface area contributed by atoms with E-state index in [9.17, 15) is 9.59 Å². The summed E-state index contributed by atoms with van der Waals surface area (Å²) < 4.78 is 1.99. The molecule has 9 heteroatoms. The lowest BCUT2D eigenvalue weighted by Crippen LogP contribution is -2.43. The molecule has 0 aromatic carbocycles. The smallest absolute Gasteiger partial charge is 0.324 e. The largest absolute Gasteiger partial charge is 0.356 e. The van der Waals surface area contributed by atoms with Crippen LogP contribution in [0, 0.1) is 13.8 Å². The lowest BCUT2D eigenvalue weighted by atomic mass is 10.4. The van der Waals surface area contributed by atoms with Crippen molar-refractivity contribution in [2.75, 3.05) is 33.2 Å². The van der Waals surface area contributed by atoms with Crippen LogP contribution in [-0.2, 0) is 11.3 Å². The number of hydrogen-bond acceptors (Lipinski definition) is 4. The van der Waals surface area contributed by atoms with Crippen LogP contribution in [0.15, 0.2) is 11.1 Å². The number of urea groups is 1. The minimum absolute atomic E-state index is 0.0815. The molecule has 132 valence electrons. The van der Waals surface area contributed by atoms with Crippen molar-refractivity contribution in [1.82, 2.24) is 30.6 Å². The number of aliphatic imine (C=N–C) groups is 1. The van der Waals surface area contributed by atoms with Crippen LogP contribution in [0.4, 0.5) is 4.79 Å². The molecule has 1 aromatic rings. The van der Waals surface area contributed by atoms with Gasteiger partial charge in [0.15, 0.2) is 5.96 Å². The van der Waals surface area contributed by atoms with E-state index in [1.807, 2.05) is 18.5 Å². The Labute approximate surface area is 141 Å². The van der Waals surface area contributed by atoms with Crippen molar-refractivity contribution in [3.63, 3.8) is 0 Å². The Bertz CT molecular complexity index is 607. The van der Waals surface area contributed by atoms with Crippen molar-refractivity contribution in [2.24, 2.45) is 4.99 Å². The zero-order valence-corrected chi connectivity index (χ0v) is 14.4. The Kier molecular flexibility index (Phi) is 6.16. The Hall–Kier alpha value is -2.58. The zero-order valence-electron chi connectivity index (χ0n) is 14.4. The van der Waals surface area contributed by atoms with Gasteiger partial charge >= 0.3 is 6.03 Å². The summed E-state index contributed by atoms with van der Waals surface area (Å²) in [6.07, 6.45) is 0.912. The monoisotopic (exact) mass is 335 g/mol. The number of aromatic nitrogens is 2. The van der Waals surface area contributed by atoms with Gasteiger partial charge in [0, 0.05) is 38.9 Å². The standard InChI is InChI=1S/C15H25N7O2/c1-11-9-12(2)22(20-11)7-4-5-17-14(16-3)18-6-8-21-13(23)10-19-15(21)24/h9H,4-8,10H2,1-3H3,(H,19,24)(H2,16,17,18). The second-order valence-electron chi connectivity index (χ2n) is 5.63. The van der Waals surface area contributed by atoms with E-state index in [-0.39, 0.29) is 18.5 Å². The fraction of sp³-hybridized carbons (Fsp3) is 0.600. The molecule has 1 fully saturated rings. The molecule has 3 amide bonds. The Balaban J connectivity index is 1.64. The van der Waals surface area contributed by atoms with Crippen LogP contribution >= 0.6 is 0 Å². The summed E-state index contributed by atoms with van der Waals surface area (Å²) >= 11 is 0. The van der Waals surface area contributed by atoms with Gasteiger partial charge in [-0.2, -0.15) is 5.10 Å². The van der Waals surface area contributed by atoms with Gasteiger partial charge in [-0.15, -0.1) is 0 Å². The van der Waals surface area contributed by atoms with Crippen molar-refractivity contribution < 1.29 is 9.59 Å². The molecule has 3 N–H and O–H groups in total. The third-order valence-electron chi connectivity index (χ3n) is 3.73. The second kappa shape index (κ2) is 8.32. The molecule has 0 aliphatic carbocycles. The molecule has 1 saturated heterocycles. The number of rotatable bonds is 7. The van der Waals surface area contributed by atoms with Crippen molar-refractivity contribution in [2.45, 2.75) is 26.8 Å². The lowest BCUT2D eigenvalue weighted by molar-refractivity contribution is -0.124. The summed E-state index contributed by atoms with van der Waals surface area (Å²) in [4.78, 5) is 28.2. The minimum Gasteiger partial charge on any atom is -0.356 e. The number of amides is 3. The van der Waals surface area contributed by atoms with Gasteiger partial charge in [-0.1, -0.05) is 0 Å². The maximum atomic E-state index is 11.5. The molecule has 0 saturated carbocycles. The first-order valence-electron chi connectivity index (χ1n) is 8.05. The topological polar surface area (TPSA) is 104 Å². The highest BCUT2D eigenvalue weighted by molar-refractivity contribution is 6.01.